The van der Waals surface area contributed by atoms with Crippen molar-refractivity contribution < 1.29 is 32.2 Å². The summed E-state index contributed by atoms with van der Waals surface area (Å²) in [4.78, 5) is 12.2. The third-order valence-electron chi connectivity index (χ3n) is 4.97. The van der Waals surface area contributed by atoms with Crippen LogP contribution in [0.1, 0.15) is 35.8 Å². The summed E-state index contributed by atoms with van der Waals surface area (Å²) in [5.41, 5.74) is 1.67. The van der Waals surface area contributed by atoms with Crippen LogP contribution in [-0.4, -0.2) is 17.2 Å². The molecule has 1 unspecified atom stereocenters. The Labute approximate surface area is 188 Å². The summed E-state index contributed by atoms with van der Waals surface area (Å²) < 4.78 is 49.6. The zero-order valence-electron chi connectivity index (χ0n) is 17.8. The Kier molecular flexibility index (Phi) is 7.23. The van der Waals surface area contributed by atoms with E-state index >= 15 is 0 Å². The molecule has 1 atom stereocenters. The highest BCUT2D eigenvalue weighted by Crippen LogP contribution is 2.34. The minimum Gasteiger partial charge on any atom is -0.479 e. The molecular formula is C24H23F3O4S. The number of carbonyl (C=O) groups is 1. The summed E-state index contributed by atoms with van der Waals surface area (Å²) in [6, 6.07) is 12.3. The Balaban J connectivity index is 1.68. The van der Waals surface area contributed by atoms with Gasteiger partial charge in [0.2, 0.25) is 0 Å². The van der Waals surface area contributed by atoms with Crippen LogP contribution in [0.4, 0.5) is 13.2 Å². The first-order valence-corrected chi connectivity index (χ1v) is 11.0. The van der Waals surface area contributed by atoms with E-state index in [4.69, 9.17) is 14.3 Å². The van der Waals surface area contributed by atoms with Crippen LogP contribution in [-0.2, 0) is 16.7 Å². The van der Waals surface area contributed by atoms with E-state index in [2.05, 4.69) is 0 Å². The molecule has 0 aliphatic carbocycles. The zero-order chi connectivity index (χ0) is 23.5. The van der Waals surface area contributed by atoms with E-state index < -0.39 is 23.8 Å². The summed E-state index contributed by atoms with van der Waals surface area (Å²) in [5.74, 6) is 1.38. The third kappa shape index (κ3) is 5.68. The molecule has 4 nitrogen and oxygen atoms in total. The molecule has 1 heterocycles. The lowest BCUT2D eigenvalue weighted by molar-refractivity contribution is -0.145. The van der Waals surface area contributed by atoms with E-state index in [1.165, 1.54) is 12.1 Å². The lowest BCUT2D eigenvalue weighted by Crippen LogP contribution is -2.26. The molecule has 2 aromatic carbocycles. The average Bonchev–Trinajstić information content (AvgIpc) is 3.11. The van der Waals surface area contributed by atoms with Crippen molar-refractivity contribution in [2.24, 2.45) is 0 Å². The fourth-order valence-corrected chi connectivity index (χ4v) is 4.13. The molecule has 0 bridgehead atoms. The van der Waals surface area contributed by atoms with E-state index in [1.807, 2.05) is 32.0 Å². The number of halogens is 3. The Hall–Kier alpha value is -2.87. The average molecular weight is 465 g/mol. The molecule has 3 rings (SSSR count). The van der Waals surface area contributed by atoms with Gasteiger partial charge in [0, 0.05) is 21.8 Å². The van der Waals surface area contributed by atoms with E-state index in [1.54, 1.807) is 24.8 Å². The number of thioether (sulfide) groups is 1. The summed E-state index contributed by atoms with van der Waals surface area (Å²) in [6.07, 6.45) is -4.89. The Bertz CT molecular complexity index is 1090. The Morgan fingerprint density at radius 3 is 2.38 bits per heavy atom. The minimum atomic E-state index is -4.37. The second kappa shape index (κ2) is 9.73. The van der Waals surface area contributed by atoms with Gasteiger partial charge in [-0.25, -0.2) is 4.79 Å². The molecule has 0 fully saturated rings. The third-order valence-corrected chi connectivity index (χ3v) is 6.02. The van der Waals surface area contributed by atoms with Gasteiger partial charge < -0.3 is 14.3 Å². The van der Waals surface area contributed by atoms with Gasteiger partial charge in [-0.2, -0.15) is 13.2 Å². The fourth-order valence-electron chi connectivity index (χ4n) is 3.10. The van der Waals surface area contributed by atoms with Crippen LogP contribution in [0.5, 0.6) is 5.75 Å². The lowest BCUT2D eigenvalue weighted by atomic mass is 10.1. The SMILES string of the molecule is CCC(Oc1ccc(SCc2cc(-c3ccc(C(F)(F)F)cc3)oc2C)cc1C)C(=O)O. The predicted octanol–water partition coefficient (Wildman–Crippen LogP) is 7.12. The van der Waals surface area contributed by atoms with Gasteiger partial charge in [0.05, 0.1) is 5.56 Å². The first kappa shape index (κ1) is 23.8. The highest BCUT2D eigenvalue weighted by molar-refractivity contribution is 7.98. The van der Waals surface area contributed by atoms with Crippen molar-refractivity contribution in [3.8, 4) is 17.1 Å². The molecule has 0 amide bonds. The van der Waals surface area contributed by atoms with E-state index in [0.717, 1.165) is 28.2 Å². The number of hydrogen-bond acceptors (Lipinski definition) is 4. The molecule has 0 saturated heterocycles. The number of aryl methyl sites for hydroxylation is 2. The summed E-state index contributed by atoms with van der Waals surface area (Å²) >= 11 is 1.58. The minimum absolute atomic E-state index is 0.367. The first-order chi connectivity index (χ1) is 15.1. The van der Waals surface area contributed by atoms with Gasteiger partial charge >= 0.3 is 12.1 Å². The molecule has 3 aromatic rings. The van der Waals surface area contributed by atoms with Crippen molar-refractivity contribution in [2.45, 2.75) is 50.1 Å². The Morgan fingerprint density at radius 2 is 1.81 bits per heavy atom. The number of ether oxygens (including phenoxy) is 1. The highest BCUT2D eigenvalue weighted by Gasteiger charge is 2.30. The van der Waals surface area contributed by atoms with Crippen molar-refractivity contribution >= 4 is 17.7 Å². The van der Waals surface area contributed by atoms with Gasteiger partial charge in [-0.15, -0.1) is 11.8 Å². The highest BCUT2D eigenvalue weighted by atomic mass is 32.2. The summed E-state index contributed by atoms with van der Waals surface area (Å²) in [6.45, 7) is 5.44. The van der Waals surface area contributed by atoms with Crippen molar-refractivity contribution in [3.05, 3.63) is 71.0 Å². The lowest BCUT2D eigenvalue weighted by Gasteiger charge is -2.15. The summed E-state index contributed by atoms with van der Waals surface area (Å²) in [5, 5.41) is 9.16. The van der Waals surface area contributed by atoms with Crippen LogP contribution in [0.3, 0.4) is 0 Å². The van der Waals surface area contributed by atoms with Crippen LogP contribution < -0.4 is 4.74 Å². The number of rotatable bonds is 8. The van der Waals surface area contributed by atoms with E-state index in [9.17, 15) is 18.0 Å². The monoisotopic (exact) mass is 464 g/mol. The molecule has 0 saturated carbocycles. The van der Waals surface area contributed by atoms with Crippen LogP contribution in [0.2, 0.25) is 0 Å². The smallest absolute Gasteiger partial charge is 0.416 e. The van der Waals surface area contributed by atoms with Crippen molar-refractivity contribution in [3.63, 3.8) is 0 Å². The number of alkyl halides is 3. The largest absolute Gasteiger partial charge is 0.479 e. The molecule has 170 valence electrons. The molecule has 1 N–H and O–H groups in total. The zero-order valence-corrected chi connectivity index (χ0v) is 18.6. The van der Waals surface area contributed by atoms with Gasteiger partial charge in [0.1, 0.15) is 17.3 Å². The number of carboxylic acid groups (broad SMARTS) is 1. The van der Waals surface area contributed by atoms with Crippen LogP contribution in [0.25, 0.3) is 11.3 Å². The van der Waals surface area contributed by atoms with Crippen LogP contribution in [0.15, 0.2) is 57.8 Å². The first-order valence-electron chi connectivity index (χ1n) is 9.98. The number of hydrogen-bond donors (Lipinski definition) is 1. The molecule has 0 spiro atoms. The van der Waals surface area contributed by atoms with Gasteiger partial charge in [-0.1, -0.05) is 19.1 Å². The van der Waals surface area contributed by atoms with Gasteiger partial charge in [-0.05, 0) is 62.2 Å². The second-order valence-corrected chi connectivity index (χ2v) is 8.38. The van der Waals surface area contributed by atoms with E-state index in [0.29, 0.717) is 35.0 Å². The van der Waals surface area contributed by atoms with Crippen molar-refractivity contribution in [1.29, 1.82) is 0 Å². The molecule has 8 heteroatoms. The van der Waals surface area contributed by atoms with Crippen LogP contribution >= 0.6 is 11.8 Å². The van der Waals surface area contributed by atoms with Gasteiger partial charge in [0.15, 0.2) is 6.10 Å². The predicted molar refractivity (Wildman–Crippen MR) is 117 cm³/mol. The van der Waals surface area contributed by atoms with Gasteiger partial charge in [-0.3, -0.25) is 0 Å². The maximum atomic E-state index is 12.8. The van der Waals surface area contributed by atoms with Crippen LogP contribution in [0, 0.1) is 13.8 Å². The molecule has 32 heavy (non-hydrogen) atoms. The molecule has 0 aliphatic rings. The number of carboxylic acids is 1. The normalized spacial score (nSPS) is 12.6. The quantitative estimate of drug-likeness (QED) is 0.360. The number of benzene rings is 2. The number of aliphatic carboxylic acids is 1. The maximum Gasteiger partial charge on any atom is 0.416 e. The topological polar surface area (TPSA) is 59.7 Å². The van der Waals surface area contributed by atoms with Crippen molar-refractivity contribution in [1.82, 2.24) is 0 Å². The fraction of sp³-hybridized carbons (Fsp3) is 0.292. The standard InChI is InChI=1S/C24H23F3O4S/c1-4-20(23(28)29)31-21-10-9-19(11-14(21)2)32-13-17-12-22(30-15(17)3)16-5-7-18(8-6-16)24(25,26)27/h5-12,20H,4,13H2,1-3H3,(H,28,29). The van der Waals surface area contributed by atoms with E-state index in [-0.39, 0.29) is 0 Å². The second-order valence-electron chi connectivity index (χ2n) is 7.34. The van der Waals surface area contributed by atoms with Gasteiger partial charge in [0.25, 0.3) is 0 Å². The molecule has 0 aliphatic heterocycles. The summed E-state index contributed by atoms with van der Waals surface area (Å²) in [7, 11) is 0. The molecule has 1 aromatic heterocycles. The number of furan rings is 1. The maximum absolute atomic E-state index is 12.8. The molecular weight excluding hydrogens is 441 g/mol. The Morgan fingerprint density at radius 1 is 1.12 bits per heavy atom. The van der Waals surface area contributed by atoms with Crippen molar-refractivity contribution in [2.75, 3.05) is 0 Å². The molecule has 0 radical (unpaired) electrons.